The monoisotopic (exact) mass is 401 g/mol. The van der Waals surface area contributed by atoms with Crippen LogP contribution in [0.2, 0.25) is 0 Å². The molecule has 0 saturated carbocycles. The number of hydrogen-bond acceptors (Lipinski definition) is 4. The average Bonchev–Trinajstić information content (AvgIpc) is 2.75. The predicted molar refractivity (Wildman–Crippen MR) is 116 cm³/mol. The van der Waals surface area contributed by atoms with Gasteiger partial charge in [0.05, 0.1) is 0 Å². The summed E-state index contributed by atoms with van der Waals surface area (Å²) in [6.07, 6.45) is 4.99. The molecule has 0 aromatic heterocycles. The highest BCUT2D eigenvalue weighted by Crippen LogP contribution is 2.30. The molecule has 0 bridgehead atoms. The number of nitrogens with zero attached hydrogens (tertiary/aromatic N) is 2. The molecule has 4 rings (SSSR count). The quantitative estimate of drug-likeness (QED) is 0.474. The van der Waals surface area contributed by atoms with Gasteiger partial charge in [0.1, 0.15) is 5.57 Å². The molecule has 0 aliphatic carbocycles. The lowest BCUT2D eigenvalue weighted by atomic mass is 9.97. The van der Waals surface area contributed by atoms with E-state index >= 15 is 0 Å². The van der Waals surface area contributed by atoms with Crippen molar-refractivity contribution in [1.29, 1.82) is 0 Å². The Bertz CT molecular complexity index is 1040. The molecule has 152 valence electrons. The van der Waals surface area contributed by atoms with Crippen molar-refractivity contribution in [3.63, 3.8) is 0 Å². The normalized spacial score (nSPS) is 17.7. The van der Waals surface area contributed by atoms with E-state index < -0.39 is 17.8 Å². The minimum absolute atomic E-state index is 0.0478. The zero-order valence-corrected chi connectivity index (χ0v) is 16.6. The molecule has 2 aromatic rings. The van der Waals surface area contributed by atoms with E-state index in [-0.39, 0.29) is 12.1 Å². The molecule has 6 heteroatoms. The number of rotatable bonds is 5. The van der Waals surface area contributed by atoms with Crippen LogP contribution in [-0.2, 0) is 22.6 Å². The molecule has 4 amide bonds. The number of benzene rings is 2. The van der Waals surface area contributed by atoms with Gasteiger partial charge in [0, 0.05) is 25.3 Å². The molecule has 30 heavy (non-hydrogen) atoms. The summed E-state index contributed by atoms with van der Waals surface area (Å²) in [6.45, 7) is 5.43. The first-order valence-electron chi connectivity index (χ1n) is 9.98. The van der Waals surface area contributed by atoms with Gasteiger partial charge in [-0.2, -0.15) is 0 Å². The van der Waals surface area contributed by atoms with E-state index in [2.05, 4.69) is 28.9 Å². The topological polar surface area (TPSA) is 69.7 Å². The standard InChI is InChI=1S/C24H23N3O3/c1-2-12-27-23(29)20(22(28)25-24(27)30)15-18-10-11-21-19(14-18)9-6-13-26(21)16-17-7-4-3-5-8-17/h2-5,7-8,10-11,14-15H,1,6,9,12-13,16H2,(H,25,28,30). The highest BCUT2D eigenvalue weighted by molar-refractivity contribution is 6.31. The molecule has 1 fully saturated rings. The van der Waals surface area contributed by atoms with E-state index in [1.165, 1.54) is 22.9 Å². The fourth-order valence-corrected chi connectivity index (χ4v) is 3.91. The maximum Gasteiger partial charge on any atom is 0.331 e. The minimum Gasteiger partial charge on any atom is -0.367 e. The molecule has 6 nitrogen and oxygen atoms in total. The van der Waals surface area contributed by atoms with E-state index in [0.717, 1.165) is 36.4 Å². The molecule has 2 aromatic carbocycles. The number of anilines is 1. The van der Waals surface area contributed by atoms with Crippen LogP contribution in [0.4, 0.5) is 10.5 Å². The maximum atomic E-state index is 12.6. The zero-order chi connectivity index (χ0) is 21.1. The van der Waals surface area contributed by atoms with Crippen LogP contribution in [-0.4, -0.2) is 35.8 Å². The second-order valence-corrected chi connectivity index (χ2v) is 7.42. The molecule has 2 aliphatic rings. The third-order valence-electron chi connectivity index (χ3n) is 5.34. The molecule has 0 spiro atoms. The number of amides is 4. The smallest absolute Gasteiger partial charge is 0.331 e. The zero-order valence-electron chi connectivity index (χ0n) is 16.6. The first kappa shape index (κ1) is 19.6. The predicted octanol–water partition coefficient (Wildman–Crippen LogP) is 3.29. The van der Waals surface area contributed by atoms with E-state index in [4.69, 9.17) is 0 Å². The minimum atomic E-state index is -0.718. The lowest BCUT2D eigenvalue weighted by Crippen LogP contribution is -2.54. The van der Waals surface area contributed by atoms with Crippen LogP contribution in [0.25, 0.3) is 6.08 Å². The fourth-order valence-electron chi connectivity index (χ4n) is 3.91. The van der Waals surface area contributed by atoms with Crippen LogP contribution in [0.15, 0.2) is 66.8 Å². The van der Waals surface area contributed by atoms with Gasteiger partial charge in [-0.25, -0.2) is 4.79 Å². The van der Waals surface area contributed by atoms with Crippen LogP contribution >= 0.6 is 0 Å². The summed E-state index contributed by atoms with van der Waals surface area (Å²) in [5, 5.41) is 2.21. The molecule has 2 aliphatic heterocycles. The number of hydrogen-bond donors (Lipinski definition) is 1. The second kappa shape index (κ2) is 8.37. The van der Waals surface area contributed by atoms with E-state index in [9.17, 15) is 14.4 Å². The lowest BCUT2D eigenvalue weighted by Gasteiger charge is -2.31. The average molecular weight is 401 g/mol. The number of barbiturate groups is 1. The first-order valence-corrected chi connectivity index (χ1v) is 9.98. The number of carbonyl (C=O) groups excluding carboxylic acids is 3. The van der Waals surface area contributed by atoms with Gasteiger partial charge in [-0.15, -0.1) is 6.58 Å². The highest BCUT2D eigenvalue weighted by atomic mass is 16.2. The van der Waals surface area contributed by atoms with Crippen molar-refractivity contribution < 1.29 is 14.4 Å². The van der Waals surface area contributed by atoms with Gasteiger partial charge < -0.3 is 4.90 Å². The summed E-state index contributed by atoms with van der Waals surface area (Å²) >= 11 is 0. The van der Waals surface area contributed by atoms with Crippen molar-refractivity contribution >= 4 is 29.6 Å². The summed E-state index contributed by atoms with van der Waals surface area (Å²) < 4.78 is 0. The Hall–Kier alpha value is -3.67. The molecule has 1 N–H and O–H groups in total. The Morgan fingerprint density at radius 2 is 1.87 bits per heavy atom. The SMILES string of the molecule is C=CCN1C(=O)NC(=O)C(=Cc2ccc3c(c2)CCCN3Cc2ccccc2)C1=O. The fraction of sp³-hybridized carbons (Fsp3) is 0.208. The number of carbonyl (C=O) groups is 3. The van der Waals surface area contributed by atoms with Gasteiger partial charge in [0.2, 0.25) is 0 Å². The molecule has 1 saturated heterocycles. The summed E-state index contributed by atoms with van der Waals surface area (Å²) in [6, 6.07) is 15.6. The molecular formula is C24H23N3O3. The van der Waals surface area contributed by atoms with Gasteiger partial charge in [0.15, 0.2) is 0 Å². The van der Waals surface area contributed by atoms with Gasteiger partial charge in [0.25, 0.3) is 11.8 Å². The number of aryl methyl sites for hydroxylation is 1. The second-order valence-electron chi connectivity index (χ2n) is 7.42. The molecule has 2 heterocycles. The van der Waals surface area contributed by atoms with Crippen molar-refractivity contribution in [1.82, 2.24) is 10.2 Å². The van der Waals surface area contributed by atoms with E-state index in [1.54, 1.807) is 6.08 Å². The number of urea groups is 1. The number of imide groups is 2. The molecule has 0 atom stereocenters. The molecule has 0 unspecified atom stereocenters. The first-order chi connectivity index (χ1) is 14.6. The Kier molecular flexibility index (Phi) is 5.48. The Morgan fingerprint density at radius 3 is 2.63 bits per heavy atom. The lowest BCUT2D eigenvalue weighted by molar-refractivity contribution is -0.129. The summed E-state index contributed by atoms with van der Waals surface area (Å²) in [5.41, 5.74) is 4.34. The van der Waals surface area contributed by atoms with E-state index in [0.29, 0.717) is 0 Å². The summed E-state index contributed by atoms with van der Waals surface area (Å²) in [5.74, 6) is -1.28. The molecular weight excluding hydrogens is 378 g/mol. The van der Waals surface area contributed by atoms with Crippen LogP contribution in [0.5, 0.6) is 0 Å². The largest absolute Gasteiger partial charge is 0.367 e. The van der Waals surface area contributed by atoms with Crippen LogP contribution in [0, 0.1) is 0 Å². The highest BCUT2D eigenvalue weighted by Gasteiger charge is 2.34. The third kappa shape index (κ3) is 3.89. The van der Waals surface area contributed by atoms with Crippen LogP contribution in [0.1, 0.15) is 23.1 Å². The van der Waals surface area contributed by atoms with Crippen LogP contribution < -0.4 is 10.2 Å². The van der Waals surface area contributed by atoms with Crippen molar-refractivity contribution in [2.75, 3.05) is 18.0 Å². The van der Waals surface area contributed by atoms with Crippen molar-refractivity contribution in [3.8, 4) is 0 Å². The number of nitrogens with one attached hydrogen (secondary N) is 1. The third-order valence-corrected chi connectivity index (χ3v) is 5.34. The van der Waals surface area contributed by atoms with Gasteiger partial charge in [-0.05, 0) is 47.7 Å². The van der Waals surface area contributed by atoms with Crippen LogP contribution in [0.3, 0.4) is 0 Å². The van der Waals surface area contributed by atoms with Crippen molar-refractivity contribution in [3.05, 3.63) is 83.4 Å². The maximum absolute atomic E-state index is 12.6. The Labute approximate surface area is 175 Å². The van der Waals surface area contributed by atoms with E-state index in [1.807, 2.05) is 36.4 Å². The van der Waals surface area contributed by atoms with Gasteiger partial charge in [-0.1, -0.05) is 42.5 Å². The Balaban J connectivity index is 1.60. The van der Waals surface area contributed by atoms with Gasteiger partial charge >= 0.3 is 6.03 Å². The summed E-state index contributed by atoms with van der Waals surface area (Å²) in [7, 11) is 0. The number of fused-ring (bicyclic) bond motifs is 1. The van der Waals surface area contributed by atoms with Crippen molar-refractivity contribution in [2.45, 2.75) is 19.4 Å². The summed E-state index contributed by atoms with van der Waals surface area (Å²) in [4.78, 5) is 40.0. The van der Waals surface area contributed by atoms with Crippen molar-refractivity contribution in [2.24, 2.45) is 0 Å². The molecule has 0 radical (unpaired) electrons. The van der Waals surface area contributed by atoms with Gasteiger partial charge in [-0.3, -0.25) is 19.8 Å². The Morgan fingerprint density at radius 1 is 1.07 bits per heavy atom.